The zero-order valence-corrected chi connectivity index (χ0v) is 22.1. The standard InChI is InChI=1S/C30H50O4/c1-20(9-6-16-29(3,4)34)25-14-15-26-22(10-7-17-30(25,26)5)12-13-23-19-27(32)24(11-8-18-31)28(33)21(23)2/h12-13,20,24-28,31-34H,2,6-11,14-19H2,1,3-5H3/b22-12+,23-13-/t20-,24-,25-,26+,27-,28?,30-/m1/s1. The summed E-state index contributed by atoms with van der Waals surface area (Å²) in [6.45, 7) is 13.0. The van der Waals surface area contributed by atoms with Crippen LogP contribution < -0.4 is 0 Å². The van der Waals surface area contributed by atoms with Gasteiger partial charge in [-0.15, -0.1) is 0 Å². The molecule has 3 fully saturated rings. The van der Waals surface area contributed by atoms with Crippen molar-refractivity contribution in [1.82, 2.24) is 0 Å². The molecule has 194 valence electrons. The van der Waals surface area contributed by atoms with Crippen LogP contribution in [0, 0.1) is 29.1 Å². The molecule has 0 aromatic heterocycles. The monoisotopic (exact) mass is 474 g/mol. The molecule has 3 aliphatic carbocycles. The van der Waals surface area contributed by atoms with Crippen molar-refractivity contribution in [2.45, 2.75) is 116 Å². The van der Waals surface area contributed by atoms with Gasteiger partial charge in [0.1, 0.15) is 0 Å². The highest BCUT2D eigenvalue weighted by atomic mass is 16.3. The predicted molar refractivity (Wildman–Crippen MR) is 139 cm³/mol. The molecule has 0 saturated heterocycles. The van der Waals surface area contributed by atoms with Crippen LogP contribution in [0.5, 0.6) is 0 Å². The molecule has 0 aliphatic heterocycles. The molecular formula is C30H50O4. The smallest absolute Gasteiger partial charge is 0.0839 e. The van der Waals surface area contributed by atoms with Gasteiger partial charge in [0, 0.05) is 12.5 Å². The SMILES string of the molecule is C=C1/C(=C\C=C2/CCC[C@]3(C)[C@@H]([C@H](C)CCCC(C)(C)O)CC[C@@H]23)C[C@@H](O)[C@@H](CCCO)C1O. The van der Waals surface area contributed by atoms with Gasteiger partial charge < -0.3 is 20.4 Å². The fourth-order valence-electron chi connectivity index (χ4n) is 7.50. The summed E-state index contributed by atoms with van der Waals surface area (Å²) in [6, 6.07) is 0. The van der Waals surface area contributed by atoms with Gasteiger partial charge in [0.15, 0.2) is 0 Å². The molecule has 3 saturated carbocycles. The average Bonchev–Trinajstić information content (AvgIpc) is 3.12. The lowest BCUT2D eigenvalue weighted by atomic mass is 9.60. The van der Waals surface area contributed by atoms with Crippen LogP contribution in [-0.4, -0.2) is 44.8 Å². The lowest BCUT2D eigenvalue weighted by Gasteiger charge is -2.44. The number of fused-ring (bicyclic) bond motifs is 1. The molecule has 0 amide bonds. The van der Waals surface area contributed by atoms with Crippen molar-refractivity contribution in [2.75, 3.05) is 6.61 Å². The number of aliphatic hydroxyl groups is 4. The Labute approximate surface area is 207 Å². The molecule has 4 heteroatoms. The van der Waals surface area contributed by atoms with Crippen molar-refractivity contribution >= 4 is 0 Å². The minimum atomic E-state index is -0.739. The van der Waals surface area contributed by atoms with E-state index >= 15 is 0 Å². The Bertz CT molecular complexity index is 760. The van der Waals surface area contributed by atoms with Crippen LogP contribution in [0.2, 0.25) is 0 Å². The third-order valence-electron chi connectivity index (χ3n) is 9.47. The van der Waals surface area contributed by atoms with E-state index in [4.69, 9.17) is 5.11 Å². The summed E-state index contributed by atoms with van der Waals surface area (Å²) < 4.78 is 0. The molecule has 0 spiro atoms. The molecule has 0 aromatic carbocycles. The van der Waals surface area contributed by atoms with Gasteiger partial charge in [-0.25, -0.2) is 0 Å². The summed E-state index contributed by atoms with van der Waals surface area (Å²) in [5.41, 5.74) is 3.00. The molecule has 1 unspecified atom stereocenters. The van der Waals surface area contributed by atoms with Crippen LogP contribution in [-0.2, 0) is 0 Å². The Hall–Kier alpha value is -0.940. The second kappa shape index (κ2) is 11.4. The van der Waals surface area contributed by atoms with Crippen molar-refractivity contribution in [3.8, 4) is 0 Å². The van der Waals surface area contributed by atoms with E-state index in [1.54, 1.807) is 0 Å². The second-order valence-corrected chi connectivity index (χ2v) is 12.5. The Kier molecular flexibility index (Phi) is 9.28. The second-order valence-electron chi connectivity index (χ2n) is 12.5. The molecule has 7 atom stereocenters. The number of rotatable bonds is 9. The van der Waals surface area contributed by atoms with Gasteiger partial charge in [0.2, 0.25) is 0 Å². The minimum Gasteiger partial charge on any atom is -0.396 e. The maximum atomic E-state index is 10.7. The Morgan fingerprint density at radius 1 is 1.18 bits per heavy atom. The maximum absolute atomic E-state index is 10.7. The molecule has 0 aromatic rings. The highest BCUT2D eigenvalue weighted by Gasteiger charge is 2.50. The Morgan fingerprint density at radius 3 is 2.59 bits per heavy atom. The first kappa shape index (κ1) is 27.6. The van der Waals surface area contributed by atoms with Gasteiger partial charge >= 0.3 is 0 Å². The molecule has 3 aliphatic rings. The van der Waals surface area contributed by atoms with E-state index in [0.717, 1.165) is 36.3 Å². The van der Waals surface area contributed by atoms with Gasteiger partial charge in [0.25, 0.3) is 0 Å². The van der Waals surface area contributed by atoms with Crippen LogP contribution in [0.25, 0.3) is 0 Å². The largest absolute Gasteiger partial charge is 0.396 e. The lowest BCUT2D eigenvalue weighted by Crippen LogP contribution is -2.38. The van der Waals surface area contributed by atoms with E-state index in [0.29, 0.717) is 36.5 Å². The Balaban J connectivity index is 1.69. The van der Waals surface area contributed by atoms with Crippen molar-refractivity contribution in [3.05, 3.63) is 35.5 Å². The third kappa shape index (κ3) is 6.24. The van der Waals surface area contributed by atoms with Crippen molar-refractivity contribution in [3.63, 3.8) is 0 Å². The number of hydrogen-bond donors (Lipinski definition) is 4. The van der Waals surface area contributed by atoms with E-state index in [2.05, 4.69) is 32.6 Å². The molecular weight excluding hydrogens is 424 g/mol. The Morgan fingerprint density at radius 2 is 1.91 bits per heavy atom. The van der Waals surface area contributed by atoms with Gasteiger partial charge in [-0.05, 0) is 106 Å². The molecule has 34 heavy (non-hydrogen) atoms. The predicted octanol–water partition coefficient (Wildman–Crippen LogP) is 5.70. The van der Waals surface area contributed by atoms with Gasteiger partial charge in [-0.2, -0.15) is 0 Å². The summed E-state index contributed by atoms with van der Waals surface area (Å²) in [5.74, 6) is 1.78. The molecule has 0 radical (unpaired) electrons. The number of aliphatic hydroxyl groups excluding tert-OH is 3. The lowest BCUT2D eigenvalue weighted by molar-refractivity contribution is 0.0112. The van der Waals surface area contributed by atoms with E-state index in [1.807, 2.05) is 13.8 Å². The van der Waals surface area contributed by atoms with Crippen molar-refractivity contribution in [2.24, 2.45) is 29.1 Å². The summed E-state index contributed by atoms with van der Waals surface area (Å²) in [7, 11) is 0. The summed E-state index contributed by atoms with van der Waals surface area (Å²) >= 11 is 0. The van der Waals surface area contributed by atoms with Crippen LogP contribution in [0.3, 0.4) is 0 Å². The van der Waals surface area contributed by atoms with Gasteiger partial charge in [-0.1, -0.05) is 51.0 Å². The van der Waals surface area contributed by atoms with E-state index < -0.39 is 17.8 Å². The zero-order chi connectivity index (χ0) is 25.1. The van der Waals surface area contributed by atoms with E-state index in [9.17, 15) is 15.3 Å². The maximum Gasteiger partial charge on any atom is 0.0839 e. The quantitative estimate of drug-likeness (QED) is 0.345. The first-order chi connectivity index (χ1) is 16.0. The number of hydrogen-bond acceptors (Lipinski definition) is 4. The van der Waals surface area contributed by atoms with Crippen molar-refractivity contribution < 1.29 is 20.4 Å². The highest BCUT2D eigenvalue weighted by Crippen LogP contribution is 2.60. The first-order valence-electron chi connectivity index (χ1n) is 13.8. The third-order valence-corrected chi connectivity index (χ3v) is 9.47. The normalized spacial score (nSPS) is 37.9. The van der Waals surface area contributed by atoms with E-state index in [1.165, 1.54) is 37.7 Å². The summed E-state index contributed by atoms with van der Waals surface area (Å²) in [5, 5.41) is 40.6. The van der Waals surface area contributed by atoms with Crippen LogP contribution >= 0.6 is 0 Å². The number of allylic oxidation sites excluding steroid dienone is 3. The van der Waals surface area contributed by atoms with Crippen LogP contribution in [0.4, 0.5) is 0 Å². The fourth-order valence-corrected chi connectivity index (χ4v) is 7.50. The molecule has 4 nitrogen and oxygen atoms in total. The van der Waals surface area contributed by atoms with Crippen molar-refractivity contribution in [1.29, 1.82) is 0 Å². The minimum absolute atomic E-state index is 0.0798. The molecule has 4 N–H and O–H groups in total. The molecule has 0 heterocycles. The molecule has 0 bridgehead atoms. The molecule has 3 rings (SSSR count). The zero-order valence-electron chi connectivity index (χ0n) is 22.1. The first-order valence-corrected chi connectivity index (χ1v) is 13.8. The highest BCUT2D eigenvalue weighted by molar-refractivity contribution is 5.39. The average molecular weight is 475 g/mol. The van der Waals surface area contributed by atoms with E-state index in [-0.39, 0.29) is 12.5 Å². The summed E-state index contributed by atoms with van der Waals surface area (Å²) in [4.78, 5) is 0. The topological polar surface area (TPSA) is 80.9 Å². The van der Waals surface area contributed by atoms with Crippen LogP contribution in [0.1, 0.15) is 98.3 Å². The van der Waals surface area contributed by atoms with Crippen LogP contribution in [0.15, 0.2) is 35.5 Å². The van der Waals surface area contributed by atoms with Gasteiger partial charge in [-0.3, -0.25) is 0 Å². The summed E-state index contributed by atoms with van der Waals surface area (Å²) in [6.07, 6.45) is 14.2. The van der Waals surface area contributed by atoms with Gasteiger partial charge in [0.05, 0.1) is 17.8 Å². The fraction of sp³-hybridized carbons (Fsp3) is 0.800.